The van der Waals surface area contributed by atoms with Crippen molar-refractivity contribution in [2.75, 3.05) is 5.32 Å². The number of aryl methyl sites for hydroxylation is 1. The van der Waals surface area contributed by atoms with Crippen LogP contribution >= 0.6 is 11.6 Å². The van der Waals surface area contributed by atoms with Gasteiger partial charge in [-0.15, -0.1) is 0 Å². The molecule has 0 atom stereocenters. The number of carbonyl (C=O) groups is 1. The maximum absolute atomic E-state index is 13.2. The van der Waals surface area contributed by atoms with Gasteiger partial charge in [-0.05, 0) is 36.2 Å². The lowest BCUT2D eigenvalue weighted by atomic mass is 10.0. The lowest BCUT2D eigenvalue weighted by molar-refractivity contribution is -0.116. The van der Waals surface area contributed by atoms with E-state index in [9.17, 15) is 9.59 Å². The molecule has 1 aromatic heterocycles. The molecule has 0 saturated heterocycles. The fourth-order valence-corrected chi connectivity index (χ4v) is 3.38. The first-order chi connectivity index (χ1) is 13.0. The molecule has 0 aliphatic heterocycles. The summed E-state index contributed by atoms with van der Waals surface area (Å²) in [6.45, 7) is 2.10. The van der Waals surface area contributed by atoms with Crippen molar-refractivity contribution in [3.63, 3.8) is 0 Å². The van der Waals surface area contributed by atoms with E-state index in [0.29, 0.717) is 28.2 Å². The molecule has 4 nitrogen and oxygen atoms in total. The second kappa shape index (κ2) is 8.40. The molecule has 0 aliphatic carbocycles. The minimum atomic E-state index is -0.102. The number of halogens is 1. The summed E-state index contributed by atoms with van der Waals surface area (Å²) in [6.07, 6.45) is 3.33. The van der Waals surface area contributed by atoms with Gasteiger partial charge in [0.25, 0.3) is 0 Å². The summed E-state index contributed by atoms with van der Waals surface area (Å²) >= 11 is 6.01. The molecule has 1 heterocycles. The van der Waals surface area contributed by atoms with Crippen molar-refractivity contribution in [3.8, 4) is 11.1 Å². The molecule has 27 heavy (non-hydrogen) atoms. The van der Waals surface area contributed by atoms with Crippen molar-refractivity contribution >= 4 is 34.2 Å². The van der Waals surface area contributed by atoms with Crippen molar-refractivity contribution < 1.29 is 4.79 Å². The quantitative estimate of drug-likeness (QED) is 0.582. The molecule has 0 radical (unpaired) electrons. The minimum absolute atomic E-state index is 0.0797. The monoisotopic (exact) mass is 382 g/mol. The van der Waals surface area contributed by atoms with E-state index in [1.54, 1.807) is 24.3 Å². The molecule has 3 rings (SSSR count). The fraction of sp³-hybridized carbons (Fsp3) is 0.273. The zero-order valence-electron chi connectivity index (χ0n) is 15.6. The van der Waals surface area contributed by atoms with Gasteiger partial charge in [0.1, 0.15) is 5.82 Å². The van der Waals surface area contributed by atoms with Crippen LogP contribution in [0.2, 0.25) is 5.02 Å². The molecule has 0 saturated carbocycles. The molecule has 0 fully saturated rings. The van der Waals surface area contributed by atoms with Gasteiger partial charge in [-0.3, -0.25) is 9.59 Å². The van der Waals surface area contributed by atoms with Crippen molar-refractivity contribution in [2.45, 2.75) is 32.6 Å². The first-order valence-corrected chi connectivity index (χ1v) is 9.58. The number of unbranched alkanes of at least 4 members (excludes halogenated alkanes) is 2. The molecule has 0 aliphatic rings. The van der Waals surface area contributed by atoms with Gasteiger partial charge in [0.15, 0.2) is 5.43 Å². The summed E-state index contributed by atoms with van der Waals surface area (Å²) in [6, 6.07) is 14.5. The van der Waals surface area contributed by atoms with Gasteiger partial charge < -0.3 is 9.88 Å². The Labute approximate surface area is 163 Å². The lowest BCUT2D eigenvalue weighted by Gasteiger charge is -2.18. The van der Waals surface area contributed by atoms with E-state index in [1.807, 2.05) is 35.9 Å². The van der Waals surface area contributed by atoms with E-state index in [0.717, 1.165) is 30.3 Å². The first kappa shape index (κ1) is 19.2. The molecule has 140 valence electrons. The van der Waals surface area contributed by atoms with Gasteiger partial charge in [0.05, 0.1) is 11.1 Å². The van der Waals surface area contributed by atoms with Gasteiger partial charge in [-0.1, -0.05) is 55.6 Å². The molecule has 2 aromatic carbocycles. The Balaban J connectivity index is 2.15. The number of carbonyl (C=O) groups excluding carboxylic acids is 1. The lowest BCUT2D eigenvalue weighted by Crippen LogP contribution is -2.21. The average Bonchev–Trinajstić information content (AvgIpc) is 2.67. The fourth-order valence-electron chi connectivity index (χ4n) is 3.25. The van der Waals surface area contributed by atoms with Crippen LogP contribution in [-0.4, -0.2) is 10.5 Å². The summed E-state index contributed by atoms with van der Waals surface area (Å²) in [5.74, 6) is 0.437. The number of aromatic nitrogens is 1. The number of benzene rings is 2. The third-order valence-electron chi connectivity index (χ3n) is 4.71. The molecular weight excluding hydrogens is 360 g/mol. The Morgan fingerprint density at radius 3 is 2.48 bits per heavy atom. The van der Waals surface area contributed by atoms with E-state index < -0.39 is 0 Å². The summed E-state index contributed by atoms with van der Waals surface area (Å²) in [4.78, 5) is 25.7. The van der Waals surface area contributed by atoms with Gasteiger partial charge in [0.2, 0.25) is 5.91 Å². The normalized spacial score (nSPS) is 10.9. The highest BCUT2D eigenvalue weighted by molar-refractivity contribution is 6.30. The van der Waals surface area contributed by atoms with Crippen molar-refractivity contribution in [2.24, 2.45) is 7.05 Å². The second-order valence-electron chi connectivity index (χ2n) is 6.64. The van der Waals surface area contributed by atoms with Crippen LogP contribution in [0.5, 0.6) is 0 Å². The SMILES string of the molecule is CCCCCC(=O)Nc1c(-c2ccc(Cl)cc2)c(=O)c2ccccc2n1C. The number of hydrogen-bond acceptors (Lipinski definition) is 2. The Morgan fingerprint density at radius 1 is 1.07 bits per heavy atom. The van der Waals surface area contributed by atoms with Gasteiger partial charge in [-0.25, -0.2) is 0 Å². The van der Waals surface area contributed by atoms with E-state index in [2.05, 4.69) is 12.2 Å². The van der Waals surface area contributed by atoms with Crippen LogP contribution < -0.4 is 10.7 Å². The summed E-state index contributed by atoms with van der Waals surface area (Å²) in [7, 11) is 1.86. The van der Waals surface area contributed by atoms with E-state index in [1.165, 1.54) is 0 Å². The molecule has 0 unspecified atom stereocenters. The number of anilines is 1. The second-order valence-corrected chi connectivity index (χ2v) is 7.08. The summed E-state index contributed by atoms with van der Waals surface area (Å²) < 4.78 is 1.87. The number of amides is 1. The van der Waals surface area contributed by atoms with Gasteiger partial charge in [-0.2, -0.15) is 0 Å². The van der Waals surface area contributed by atoms with E-state index >= 15 is 0 Å². The minimum Gasteiger partial charge on any atom is -0.330 e. The third kappa shape index (κ3) is 4.06. The van der Waals surface area contributed by atoms with Crippen LogP contribution in [-0.2, 0) is 11.8 Å². The largest absolute Gasteiger partial charge is 0.330 e. The zero-order valence-corrected chi connectivity index (χ0v) is 16.3. The van der Waals surface area contributed by atoms with Gasteiger partial charge in [0, 0.05) is 23.9 Å². The van der Waals surface area contributed by atoms with Crippen LogP contribution in [0, 0.1) is 0 Å². The molecular formula is C22H23ClN2O2. The Kier molecular flexibility index (Phi) is 5.97. The Bertz CT molecular complexity index is 1020. The molecule has 3 aromatic rings. The van der Waals surface area contributed by atoms with Crippen LogP contribution in [0.3, 0.4) is 0 Å². The molecule has 5 heteroatoms. The average molecular weight is 383 g/mol. The van der Waals surface area contributed by atoms with E-state index in [-0.39, 0.29) is 11.3 Å². The summed E-state index contributed by atoms with van der Waals surface area (Å²) in [5.41, 5.74) is 1.89. The topological polar surface area (TPSA) is 51.1 Å². The van der Waals surface area contributed by atoms with Crippen molar-refractivity contribution in [1.29, 1.82) is 0 Å². The van der Waals surface area contributed by atoms with E-state index in [4.69, 9.17) is 11.6 Å². The smallest absolute Gasteiger partial charge is 0.225 e. The molecule has 0 bridgehead atoms. The Hall–Kier alpha value is -2.59. The number of nitrogens with zero attached hydrogens (tertiary/aromatic N) is 1. The van der Waals surface area contributed by atoms with Crippen LogP contribution in [0.4, 0.5) is 5.82 Å². The molecule has 1 N–H and O–H groups in total. The summed E-state index contributed by atoms with van der Waals surface area (Å²) in [5, 5.41) is 4.19. The number of nitrogens with one attached hydrogen (secondary N) is 1. The standard InChI is InChI=1S/C22H23ClN2O2/c1-3-4-5-10-19(26)24-22-20(15-11-13-16(23)14-12-15)21(27)17-8-6-7-9-18(17)25(22)2/h6-9,11-14H,3-5,10H2,1-2H3,(H,24,26). The number of fused-ring (bicyclic) bond motifs is 1. The van der Waals surface area contributed by atoms with Crippen LogP contribution in [0.15, 0.2) is 53.3 Å². The van der Waals surface area contributed by atoms with Crippen molar-refractivity contribution in [1.82, 2.24) is 4.57 Å². The molecule has 0 spiro atoms. The maximum Gasteiger partial charge on any atom is 0.225 e. The van der Waals surface area contributed by atoms with Crippen LogP contribution in [0.25, 0.3) is 22.0 Å². The number of pyridine rings is 1. The highest BCUT2D eigenvalue weighted by Crippen LogP contribution is 2.29. The maximum atomic E-state index is 13.2. The van der Waals surface area contributed by atoms with Crippen LogP contribution in [0.1, 0.15) is 32.6 Å². The first-order valence-electron chi connectivity index (χ1n) is 9.20. The highest BCUT2D eigenvalue weighted by atomic mass is 35.5. The van der Waals surface area contributed by atoms with Gasteiger partial charge >= 0.3 is 0 Å². The number of rotatable bonds is 6. The number of hydrogen-bond donors (Lipinski definition) is 1. The number of para-hydroxylation sites is 1. The predicted molar refractivity (Wildman–Crippen MR) is 112 cm³/mol. The van der Waals surface area contributed by atoms with Crippen molar-refractivity contribution in [3.05, 3.63) is 63.8 Å². The Morgan fingerprint density at radius 2 is 1.78 bits per heavy atom. The molecule has 1 amide bonds. The highest BCUT2D eigenvalue weighted by Gasteiger charge is 2.18. The third-order valence-corrected chi connectivity index (χ3v) is 4.96. The predicted octanol–water partition coefficient (Wildman–Crippen LogP) is 5.38. The zero-order chi connectivity index (χ0) is 19.4.